The third kappa shape index (κ3) is 4.08. The Hall–Kier alpha value is -3.48. The molecule has 160 valence electrons. The summed E-state index contributed by atoms with van der Waals surface area (Å²) in [7, 11) is 0. The number of aromatic nitrogens is 3. The van der Waals surface area contributed by atoms with Crippen molar-refractivity contribution in [2.75, 3.05) is 18.0 Å². The molecule has 0 unspecified atom stereocenters. The van der Waals surface area contributed by atoms with Crippen LogP contribution in [0, 0.1) is 0 Å². The van der Waals surface area contributed by atoms with Crippen LogP contribution in [0.15, 0.2) is 49.3 Å². The van der Waals surface area contributed by atoms with Crippen molar-refractivity contribution in [3.8, 4) is 11.3 Å². The molecule has 3 aromatic rings. The molecule has 2 atom stereocenters. The Kier molecular flexibility index (Phi) is 5.59. The van der Waals surface area contributed by atoms with Gasteiger partial charge >= 0.3 is 0 Å². The minimum atomic E-state index is -0.0358. The molecule has 0 radical (unpaired) electrons. The van der Waals surface area contributed by atoms with Gasteiger partial charge < -0.3 is 14.8 Å². The van der Waals surface area contributed by atoms with Crippen molar-refractivity contribution in [3.05, 3.63) is 54.9 Å². The lowest BCUT2D eigenvalue weighted by Gasteiger charge is -2.44. The quantitative estimate of drug-likeness (QED) is 0.644. The predicted octanol–water partition coefficient (Wildman–Crippen LogP) is 3.37. The standard InChI is InChI=1S/C24H27N5O2/c1-5-19(31)9-18-10-20-21(12-26-24(20)25-11-18)22-7-6-8-23(27-22)28-13-15(2)29(17(4)30)16(3)14-28/h5-8,10-12,15-16H,1,9,13-14H2,2-4H3,(H,25,26)/t15-,16+. The van der Waals surface area contributed by atoms with Crippen LogP contribution in [-0.2, 0) is 16.0 Å². The molecule has 4 heterocycles. The van der Waals surface area contributed by atoms with Gasteiger partial charge in [-0.1, -0.05) is 12.6 Å². The molecule has 3 aromatic heterocycles. The van der Waals surface area contributed by atoms with Crippen molar-refractivity contribution >= 4 is 28.5 Å². The van der Waals surface area contributed by atoms with E-state index in [9.17, 15) is 9.59 Å². The largest absolute Gasteiger partial charge is 0.352 e. The van der Waals surface area contributed by atoms with E-state index >= 15 is 0 Å². The maximum Gasteiger partial charge on any atom is 0.220 e. The molecule has 1 aliphatic rings. The zero-order valence-corrected chi connectivity index (χ0v) is 18.1. The van der Waals surface area contributed by atoms with Crippen LogP contribution in [0.4, 0.5) is 5.82 Å². The second-order valence-electron chi connectivity index (χ2n) is 8.20. The van der Waals surface area contributed by atoms with E-state index in [1.54, 1.807) is 13.1 Å². The summed E-state index contributed by atoms with van der Waals surface area (Å²) < 4.78 is 0. The number of carbonyl (C=O) groups excluding carboxylic acids is 2. The molecule has 0 aliphatic carbocycles. The van der Waals surface area contributed by atoms with E-state index in [2.05, 4.69) is 35.3 Å². The second kappa shape index (κ2) is 8.34. The molecule has 0 bridgehead atoms. The molecular weight excluding hydrogens is 390 g/mol. The summed E-state index contributed by atoms with van der Waals surface area (Å²) in [6.45, 7) is 10.8. The third-order valence-electron chi connectivity index (χ3n) is 5.81. The second-order valence-corrected chi connectivity index (χ2v) is 8.20. The normalized spacial score (nSPS) is 18.9. The number of piperazine rings is 1. The Labute approximate surface area is 181 Å². The van der Waals surface area contributed by atoms with Gasteiger partial charge in [0.2, 0.25) is 5.91 Å². The van der Waals surface area contributed by atoms with Crippen LogP contribution >= 0.6 is 0 Å². The van der Waals surface area contributed by atoms with E-state index in [1.165, 1.54) is 6.08 Å². The first-order valence-electron chi connectivity index (χ1n) is 10.5. The minimum Gasteiger partial charge on any atom is -0.352 e. The van der Waals surface area contributed by atoms with E-state index in [-0.39, 0.29) is 30.2 Å². The van der Waals surface area contributed by atoms with Crippen LogP contribution in [-0.4, -0.2) is 56.7 Å². The summed E-state index contributed by atoms with van der Waals surface area (Å²) in [5, 5.41) is 0.933. The van der Waals surface area contributed by atoms with Gasteiger partial charge in [-0.05, 0) is 43.7 Å². The molecule has 1 aliphatic heterocycles. The molecule has 0 aromatic carbocycles. The first-order chi connectivity index (χ1) is 14.9. The number of anilines is 1. The maximum atomic E-state index is 12.0. The molecule has 4 rings (SSSR count). The topological polar surface area (TPSA) is 82.2 Å². The highest BCUT2D eigenvalue weighted by Crippen LogP contribution is 2.29. The molecule has 31 heavy (non-hydrogen) atoms. The number of hydrogen-bond donors (Lipinski definition) is 1. The van der Waals surface area contributed by atoms with Crippen molar-refractivity contribution < 1.29 is 9.59 Å². The molecule has 0 saturated carbocycles. The molecule has 0 spiro atoms. The summed E-state index contributed by atoms with van der Waals surface area (Å²) in [5.74, 6) is 0.962. The molecule has 1 amide bonds. The van der Waals surface area contributed by atoms with E-state index in [1.807, 2.05) is 35.4 Å². The number of amides is 1. The summed E-state index contributed by atoms with van der Waals surface area (Å²) in [5.41, 5.74) is 3.39. The fourth-order valence-corrected chi connectivity index (χ4v) is 4.51. The highest BCUT2D eigenvalue weighted by atomic mass is 16.2. The average molecular weight is 418 g/mol. The van der Waals surface area contributed by atoms with Gasteiger partial charge in [0.1, 0.15) is 11.5 Å². The molecule has 7 nitrogen and oxygen atoms in total. The monoisotopic (exact) mass is 417 g/mol. The number of nitrogens with zero attached hydrogens (tertiary/aromatic N) is 4. The number of nitrogens with one attached hydrogen (secondary N) is 1. The van der Waals surface area contributed by atoms with Crippen molar-refractivity contribution in [2.45, 2.75) is 39.3 Å². The number of pyridine rings is 2. The maximum absolute atomic E-state index is 12.0. The van der Waals surface area contributed by atoms with Gasteiger partial charge in [-0.15, -0.1) is 0 Å². The van der Waals surface area contributed by atoms with Crippen LogP contribution < -0.4 is 4.90 Å². The fourth-order valence-electron chi connectivity index (χ4n) is 4.51. The average Bonchev–Trinajstić information content (AvgIpc) is 3.16. The number of rotatable bonds is 5. The predicted molar refractivity (Wildman–Crippen MR) is 122 cm³/mol. The van der Waals surface area contributed by atoms with E-state index in [4.69, 9.17) is 4.98 Å². The molecule has 1 fully saturated rings. The van der Waals surface area contributed by atoms with Gasteiger partial charge in [0, 0.05) is 61.9 Å². The Bertz CT molecular complexity index is 1140. The first-order valence-corrected chi connectivity index (χ1v) is 10.5. The zero-order chi connectivity index (χ0) is 22.1. The highest BCUT2D eigenvalue weighted by Gasteiger charge is 2.31. The van der Waals surface area contributed by atoms with E-state index in [0.717, 1.165) is 46.8 Å². The number of fused-ring (bicyclic) bond motifs is 1. The zero-order valence-electron chi connectivity index (χ0n) is 18.1. The van der Waals surface area contributed by atoms with E-state index in [0.29, 0.717) is 0 Å². The van der Waals surface area contributed by atoms with Crippen molar-refractivity contribution in [1.29, 1.82) is 0 Å². The summed E-state index contributed by atoms with van der Waals surface area (Å²) in [4.78, 5) is 40.5. The van der Waals surface area contributed by atoms with Crippen LogP contribution in [0.25, 0.3) is 22.3 Å². The van der Waals surface area contributed by atoms with Gasteiger partial charge in [-0.3, -0.25) is 9.59 Å². The first kappa shape index (κ1) is 20.8. The lowest BCUT2D eigenvalue weighted by molar-refractivity contribution is -0.133. The lowest BCUT2D eigenvalue weighted by Crippen LogP contribution is -2.58. The van der Waals surface area contributed by atoms with Crippen LogP contribution in [0.1, 0.15) is 26.3 Å². The number of ketones is 1. The Balaban J connectivity index is 1.65. The Morgan fingerprint density at radius 2 is 2.00 bits per heavy atom. The molecule has 1 N–H and O–H groups in total. The number of aromatic amines is 1. The van der Waals surface area contributed by atoms with Gasteiger partial charge in [0.25, 0.3) is 0 Å². The van der Waals surface area contributed by atoms with Crippen molar-refractivity contribution in [1.82, 2.24) is 19.9 Å². The fraction of sp³-hybridized carbons (Fsp3) is 0.333. The number of carbonyl (C=O) groups is 2. The highest BCUT2D eigenvalue weighted by molar-refractivity contribution is 5.95. The smallest absolute Gasteiger partial charge is 0.220 e. The van der Waals surface area contributed by atoms with Crippen molar-refractivity contribution in [3.63, 3.8) is 0 Å². The minimum absolute atomic E-state index is 0.0358. The molecular formula is C24H27N5O2. The number of hydrogen-bond acceptors (Lipinski definition) is 5. The van der Waals surface area contributed by atoms with Gasteiger partial charge in [-0.25, -0.2) is 9.97 Å². The SMILES string of the molecule is C=CC(=O)Cc1cnc2[nH]cc(-c3cccc(N4C[C@@H](C)N(C(C)=O)[C@@H](C)C4)n3)c2c1. The third-order valence-corrected chi connectivity index (χ3v) is 5.81. The molecule has 1 saturated heterocycles. The summed E-state index contributed by atoms with van der Waals surface area (Å²) >= 11 is 0. The van der Waals surface area contributed by atoms with Crippen molar-refractivity contribution in [2.24, 2.45) is 0 Å². The van der Waals surface area contributed by atoms with Crippen LogP contribution in [0.3, 0.4) is 0 Å². The number of allylic oxidation sites excluding steroid dienone is 1. The Morgan fingerprint density at radius 1 is 1.26 bits per heavy atom. The van der Waals surface area contributed by atoms with Crippen LogP contribution in [0.2, 0.25) is 0 Å². The van der Waals surface area contributed by atoms with Gasteiger partial charge in [0.05, 0.1) is 5.69 Å². The van der Waals surface area contributed by atoms with Gasteiger partial charge in [-0.2, -0.15) is 0 Å². The van der Waals surface area contributed by atoms with E-state index < -0.39 is 0 Å². The summed E-state index contributed by atoms with van der Waals surface area (Å²) in [6, 6.07) is 8.21. The molecule has 7 heteroatoms. The number of H-pyrrole nitrogens is 1. The summed E-state index contributed by atoms with van der Waals surface area (Å²) in [6.07, 6.45) is 5.23. The Morgan fingerprint density at radius 3 is 2.68 bits per heavy atom. The lowest BCUT2D eigenvalue weighted by atomic mass is 10.1. The van der Waals surface area contributed by atoms with Gasteiger partial charge in [0.15, 0.2) is 5.78 Å². The van der Waals surface area contributed by atoms with Crippen LogP contribution in [0.5, 0.6) is 0 Å².